The molecule has 0 aromatic heterocycles. The second kappa shape index (κ2) is 93.7. The lowest BCUT2D eigenvalue weighted by atomic mass is 10.0. The van der Waals surface area contributed by atoms with Crippen molar-refractivity contribution in [1.82, 2.24) is 0 Å². The Balaban J connectivity index is 3.17. The van der Waals surface area contributed by atoms with Crippen molar-refractivity contribution >= 4 is 0 Å². The Hall–Kier alpha value is -3.28. The van der Waals surface area contributed by atoms with Gasteiger partial charge in [-0.2, -0.15) is 0 Å². The van der Waals surface area contributed by atoms with E-state index in [1.54, 1.807) is 0 Å². The van der Waals surface area contributed by atoms with Crippen LogP contribution in [0.2, 0.25) is 0 Å². The van der Waals surface area contributed by atoms with Crippen LogP contribution in [0.3, 0.4) is 0 Å². The Bertz CT molecular complexity index is 1400. The summed E-state index contributed by atoms with van der Waals surface area (Å²) in [5.74, 6) is 0. The lowest BCUT2D eigenvalue weighted by molar-refractivity contribution is -0.899. The number of hydrogen-bond donors (Lipinski definition) is 1. The largest absolute Gasteiger partial charge is 0.498 e. The number of aliphatic hydroxyl groups is 1. The Morgan fingerprint density at radius 2 is 0.370 bits per heavy atom. The zero-order valence-corrected chi connectivity index (χ0v) is 54.8. The molecule has 0 spiro atoms. The number of rotatable bonds is 94. The van der Waals surface area contributed by atoms with Gasteiger partial charge >= 0.3 is 0 Å². The molecule has 53 nitrogen and oxygen atoms in total. The molecule has 1 N–H and O–H groups in total. The summed E-state index contributed by atoms with van der Waals surface area (Å²) in [6.07, 6.45) is 44.5. The molecule has 0 fully saturated rings. The highest BCUT2D eigenvalue weighted by Crippen LogP contribution is 2.16. The van der Waals surface area contributed by atoms with E-state index in [4.69, 9.17) is 18.9 Å². The average Bonchev–Trinajstić information content (AvgIpc) is 3.81. The fourth-order valence-corrected chi connectivity index (χ4v) is 7.04. The van der Waals surface area contributed by atoms with Crippen molar-refractivity contribution in [3.63, 3.8) is 0 Å². The summed E-state index contributed by atoms with van der Waals surface area (Å²) in [6, 6.07) is 0. The Labute approximate surface area is 568 Å². The monoisotopic (exact) mass is 1500 g/mol. The van der Waals surface area contributed by atoms with Crippen molar-refractivity contribution in [3.8, 4) is 0 Å². The predicted molar refractivity (Wildman–Crippen MR) is 279 cm³/mol. The fraction of sp³-hybridized carbons (Fsp3) is 0.915. The zero-order valence-electron chi connectivity index (χ0n) is 54.8. The lowest BCUT2D eigenvalue weighted by Gasteiger charge is -2.11. The first-order chi connectivity index (χ1) is 49.8. The van der Waals surface area contributed by atoms with Crippen molar-refractivity contribution < 1.29 is 265 Å². The maximum atomic E-state index is 9.81. The van der Waals surface area contributed by atoms with E-state index < -0.39 is 6.10 Å². The minimum atomic E-state index is -1.08. The molecule has 0 heterocycles. The van der Waals surface area contributed by atoms with Gasteiger partial charge in [0, 0.05) is 141 Å². The van der Waals surface area contributed by atoms with E-state index in [0.717, 1.165) is 38.2 Å². The third-order valence-electron chi connectivity index (χ3n) is 11.2. The summed E-state index contributed by atoms with van der Waals surface area (Å²) in [7, 11) is 0. The van der Waals surface area contributed by atoms with Gasteiger partial charge in [-0.15, -0.1) is 0 Å². The third kappa shape index (κ3) is 92.7. The molecule has 0 aliphatic heterocycles. The van der Waals surface area contributed by atoms with Crippen molar-refractivity contribution in [2.75, 3.05) is 52.9 Å². The Kier molecular flexibility index (Phi) is 90.7. The third-order valence-corrected chi connectivity index (χ3v) is 11.2. The minimum absolute atomic E-state index is 0.120. The van der Waals surface area contributed by atoms with E-state index in [2.05, 4.69) is 255 Å². The maximum absolute atomic E-state index is 9.81. The van der Waals surface area contributed by atoms with Gasteiger partial charge in [0.1, 0.15) is 31.8 Å². The zero-order chi connectivity index (χ0) is 71.5. The molecule has 0 aromatic carbocycles. The number of unbranched alkanes of at least 4 members (excludes halogenated alkanes) is 30. The van der Waals surface area contributed by atoms with Crippen LogP contribution in [0, 0.1) is 0 Å². The van der Waals surface area contributed by atoms with Gasteiger partial charge in [0.05, 0.1) is 39.6 Å². The molecule has 0 saturated carbocycles. The van der Waals surface area contributed by atoms with Gasteiger partial charge in [-0.1, -0.05) is 206 Å². The summed E-state index contributed by atoms with van der Waals surface area (Å²) in [6.45, 7) is 4.36. The van der Waals surface area contributed by atoms with Crippen LogP contribution < -0.4 is 0 Å². The SMILES string of the molecule is CCCCCCCCCCCCCCCCCCOC=COOOOOOOOOOOOOOOOOOOOOOOOCCOCC(O)COCCOOOOOOOOOOOOOOOOOOOOOOOOC=COCCCCCCCCCCCCCCCCCC. The molecule has 0 aromatic rings. The van der Waals surface area contributed by atoms with E-state index in [9.17, 15) is 5.11 Å². The van der Waals surface area contributed by atoms with Crippen LogP contribution in [-0.2, 0) is 260 Å². The van der Waals surface area contributed by atoms with Crippen molar-refractivity contribution in [2.45, 2.75) is 225 Å². The summed E-state index contributed by atoms with van der Waals surface area (Å²) >= 11 is 0. The van der Waals surface area contributed by atoms with Crippen LogP contribution in [-0.4, -0.2) is 64.1 Å². The molecule has 53 heteroatoms. The second-order valence-corrected chi connectivity index (χ2v) is 18.5. The first kappa shape index (κ1) is 96.7. The first-order valence-electron chi connectivity index (χ1n) is 31.1. The lowest BCUT2D eigenvalue weighted by Crippen LogP contribution is -2.24. The molecule has 0 aliphatic rings. The minimum Gasteiger partial charge on any atom is -0.498 e. The molecule has 0 radical (unpaired) electrons. The molecule has 100 heavy (non-hydrogen) atoms. The van der Waals surface area contributed by atoms with E-state index >= 15 is 0 Å². The topological polar surface area (TPSA) is 500 Å². The summed E-state index contributed by atoms with van der Waals surface area (Å²) in [5.41, 5.74) is 0. The fourth-order valence-electron chi connectivity index (χ4n) is 7.04. The van der Waals surface area contributed by atoms with Crippen LogP contribution in [0.4, 0.5) is 0 Å². The molecule has 0 aliphatic carbocycles. The quantitative estimate of drug-likeness (QED) is 0.0256. The molecule has 0 unspecified atom stereocenters. The molecule has 0 bridgehead atoms. The van der Waals surface area contributed by atoms with Crippen LogP contribution >= 0.6 is 0 Å². The molecular formula is C47H92O53. The van der Waals surface area contributed by atoms with Gasteiger partial charge in [0.15, 0.2) is 12.5 Å². The van der Waals surface area contributed by atoms with Crippen molar-refractivity contribution in [1.29, 1.82) is 0 Å². The number of ether oxygens (including phenoxy) is 4. The molecule has 0 saturated heterocycles. The Morgan fingerprint density at radius 1 is 0.190 bits per heavy atom. The number of aliphatic hydroxyl groups excluding tert-OH is 1. The first-order valence-corrected chi connectivity index (χ1v) is 31.1. The highest BCUT2D eigenvalue weighted by Gasteiger charge is 2.08. The van der Waals surface area contributed by atoms with Crippen LogP contribution in [0.25, 0.3) is 0 Å². The van der Waals surface area contributed by atoms with Crippen molar-refractivity contribution in [2.24, 2.45) is 0 Å². The summed E-state index contributed by atoms with van der Waals surface area (Å²) in [4.78, 5) is 17.7. The molecule has 598 valence electrons. The van der Waals surface area contributed by atoms with E-state index in [1.165, 1.54) is 192 Å². The smallest absolute Gasteiger partial charge is 0.167 e. The average molecular weight is 1510 g/mol. The van der Waals surface area contributed by atoms with Gasteiger partial charge in [-0.25, -0.2) is 9.78 Å². The normalized spacial score (nSPS) is 12.2. The highest BCUT2D eigenvalue weighted by molar-refractivity contribution is 4.59. The predicted octanol–water partition coefficient (Wildman–Crippen LogP) is 10.8. The van der Waals surface area contributed by atoms with Crippen LogP contribution in [0.15, 0.2) is 25.0 Å². The van der Waals surface area contributed by atoms with Gasteiger partial charge in [-0.3, -0.25) is 0 Å². The summed E-state index contributed by atoms with van der Waals surface area (Å²) < 4.78 is 20.7. The van der Waals surface area contributed by atoms with Crippen LogP contribution in [0.1, 0.15) is 219 Å². The second-order valence-electron chi connectivity index (χ2n) is 18.5. The molecule has 0 amide bonds. The van der Waals surface area contributed by atoms with E-state index in [1.807, 2.05) is 0 Å². The highest BCUT2D eigenvalue weighted by atomic mass is 18.0. The summed E-state index contributed by atoms with van der Waals surface area (Å²) in [5, 5.41) is 174. The molecule has 0 atom stereocenters. The van der Waals surface area contributed by atoms with Crippen molar-refractivity contribution in [3.05, 3.63) is 25.0 Å². The standard InChI is InChI=1S/C47H92O53/c1-3-5-7-9-11-13-15-17-19-21-23-25-27-29-31-33-35-49-37-41-53-57-61-65-69-73-77-81-85-89-93-97-99-95-91-87-83-79-75-71-67-63-59-55-43-39-51-45-47(48)46-52-40-44-56-60-64-68-72-76-80-84-88-92-96-100-98-94-90-86-82-78-74-70-66-62-58-54-42-38-50-36-34-32-30-28-26-24-22-20-18-16-14-12-10-8-6-4-2/h37-38,41-42,47-48H,3-36,39-40,43-46H2,1-2H3. The van der Waals surface area contributed by atoms with E-state index in [0.29, 0.717) is 13.2 Å². The molecule has 0 rings (SSSR count). The maximum Gasteiger partial charge on any atom is 0.167 e. The molecular weight excluding hydrogens is 1410 g/mol. The van der Waals surface area contributed by atoms with Crippen LogP contribution in [0.5, 0.6) is 0 Å². The van der Waals surface area contributed by atoms with Gasteiger partial charge in [0.25, 0.3) is 0 Å². The number of hydrogen-bond acceptors (Lipinski definition) is 53. The van der Waals surface area contributed by atoms with E-state index in [-0.39, 0.29) is 39.6 Å². The van der Waals surface area contributed by atoms with Gasteiger partial charge in [-0.05, 0) is 93.5 Å². The van der Waals surface area contributed by atoms with Gasteiger partial charge < -0.3 is 33.8 Å². The Morgan fingerprint density at radius 3 is 0.580 bits per heavy atom. The van der Waals surface area contributed by atoms with Gasteiger partial charge in [0.2, 0.25) is 0 Å².